The molecule has 172 valence electrons. The van der Waals surface area contributed by atoms with Crippen molar-refractivity contribution in [3.8, 4) is 0 Å². The van der Waals surface area contributed by atoms with Crippen molar-refractivity contribution in [2.75, 3.05) is 45.9 Å². The minimum Gasteiger partial charge on any atom is -0.378 e. The van der Waals surface area contributed by atoms with E-state index >= 15 is 0 Å². The zero-order valence-electron chi connectivity index (χ0n) is 18.4. The van der Waals surface area contributed by atoms with Crippen molar-refractivity contribution < 1.29 is 23.9 Å². The van der Waals surface area contributed by atoms with Gasteiger partial charge in [-0.15, -0.1) is 0 Å². The standard InChI is InChI=1S/C22H34N4O5/c1-2-16-5-7-22(8-6-16)20(29)26(21(30)23-22)15-18(27)25-9-3-4-17(14-25)19(28)24-10-12-31-13-11-24/h16-17H,2-15H2,1H3,(H,23,30). The molecule has 0 aromatic carbocycles. The summed E-state index contributed by atoms with van der Waals surface area (Å²) >= 11 is 0. The summed E-state index contributed by atoms with van der Waals surface area (Å²) in [6, 6.07) is -0.466. The Kier molecular flexibility index (Phi) is 6.50. The van der Waals surface area contributed by atoms with Crippen LogP contribution in [0.1, 0.15) is 51.9 Å². The Morgan fingerprint density at radius 3 is 2.45 bits per heavy atom. The zero-order valence-corrected chi connectivity index (χ0v) is 18.4. The smallest absolute Gasteiger partial charge is 0.325 e. The summed E-state index contributed by atoms with van der Waals surface area (Å²) in [4.78, 5) is 56.0. The maximum Gasteiger partial charge on any atom is 0.325 e. The average Bonchev–Trinajstić information content (AvgIpc) is 3.03. The third-order valence-electron chi connectivity index (χ3n) is 7.52. The number of nitrogens with one attached hydrogen (secondary N) is 1. The molecule has 9 heteroatoms. The minimum absolute atomic E-state index is 0.0717. The van der Waals surface area contributed by atoms with E-state index in [1.54, 1.807) is 4.90 Å². The number of rotatable bonds is 4. The number of carbonyl (C=O) groups is 4. The van der Waals surface area contributed by atoms with Crippen LogP contribution in [-0.4, -0.2) is 89.9 Å². The van der Waals surface area contributed by atoms with Gasteiger partial charge >= 0.3 is 6.03 Å². The van der Waals surface area contributed by atoms with E-state index in [2.05, 4.69) is 12.2 Å². The van der Waals surface area contributed by atoms with Crippen LogP contribution in [0.4, 0.5) is 4.79 Å². The number of likely N-dealkylation sites (tertiary alicyclic amines) is 1. The molecule has 4 fully saturated rings. The minimum atomic E-state index is -0.834. The van der Waals surface area contributed by atoms with Crippen molar-refractivity contribution in [2.45, 2.75) is 57.4 Å². The van der Waals surface area contributed by atoms with E-state index in [-0.39, 0.29) is 30.2 Å². The fourth-order valence-corrected chi connectivity index (χ4v) is 5.42. The third-order valence-corrected chi connectivity index (χ3v) is 7.52. The molecule has 1 N–H and O–H groups in total. The van der Waals surface area contributed by atoms with Gasteiger partial charge in [0.05, 0.1) is 19.1 Å². The van der Waals surface area contributed by atoms with E-state index in [1.807, 2.05) is 4.90 Å². The van der Waals surface area contributed by atoms with Crippen LogP contribution in [0.25, 0.3) is 0 Å². The molecular formula is C22H34N4O5. The number of hydrogen-bond acceptors (Lipinski definition) is 5. The first-order chi connectivity index (χ1) is 14.9. The number of urea groups is 1. The lowest BCUT2D eigenvalue weighted by atomic mass is 9.75. The highest BCUT2D eigenvalue weighted by Crippen LogP contribution is 2.37. The molecule has 0 aromatic rings. The van der Waals surface area contributed by atoms with Crippen LogP contribution in [0.3, 0.4) is 0 Å². The number of ether oxygens (including phenoxy) is 1. The van der Waals surface area contributed by atoms with Crippen LogP contribution in [0.2, 0.25) is 0 Å². The second kappa shape index (κ2) is 9.14. The number of nitrogens with zero attached hydrogens (tertiary/aromatic N) is 3. The topological polar surface area (TPSA) is 99.3 Å². The number of carbonyl (C=O) groups excluding carboxylic acids is 4. The van der Waals surface area contributed by atoms with Gasteiger partial charge in [-0.2, -0.15) is 0 Å². The van der Waals surface area contributed by atoms with Crippen LogP contribution in [-0.2, 0) is 19.1 Å². The van der Waals surface area contributed by atoms with Gasteiger partial charge in [0.2, 0.25) is 11.8 Å². The Labute approximate surface area is 183 Å². The third kappa shape index (κ3) is 4.42. The quantitative estimate of drug-likeness (QED) is 0.665. The van der Waals surface area contributed by atoms with E-state index in [1.165, 1.54) is 0 Å². The second-order valence-electron chi connectivity index (χ2n) is 9.37. The van der Waals surface area contributed by atoms with Crippen molar-refractivity contribution in [2.24, 2.45) is 11.8 Å². The van der Waals surface area contributed by atoms with Crippen LogP contribution < -0.4 is 5.32 Å². The molecule has 3 saturated heterocycles. The number of amides is 5. The molecular weight excluding hydrogens is 400 g/mol. The van der Waals surface area contributed by atoms with Crippen molar-refractivity contribution >= 4 is 23.8 Å². The summed E-state index contributed by atoms with van der Waals surface area (Å²) in [5.74, 6) is -0.0853. The average molecular weight is 435 g/mol. The van der Waals surface area contributed by atoms with Gasteiger partial charge in [0.25, 0.3) is 5.91 Å². The molecule has 1 unspecified atom stereocenters. The molecule has 1 spiro atoms. The first kappa shape index (κ1) is 22.0. The van der Waals surface area contributed by atoms with Gasteiger partial charge in [0, 0.05) is 26.2 Å². The molecule has 31 heavy (non-hydrogen) atoms. The monoisotopic (exact) mass is 434 g/mol. The van der Waals surface area contributed by atoms with Gasteiger partial charge in [0.1, 0.15) is 12.1 Å². The molecule has 9 nitrogen and oxygen atoms in total. The highest BCUT2D eigenvalue weighted by atomic mass is 16.5. The Morgan fingerprint density at radius 1 is 1.06 bits per heavy atom. The summed E-state index contributed by atoms with van der Waals surface area (Å²) in [6.07, 6.45) is 5.70. The van der Waals surface area contributed by atoms with Crippen LogP contribution in [0, 0.1) is 11.8 Å². The fraction of sp³-hybridized carbons (Fsp3) is 0.818. The summed E-state index contributed by atoms with van der Waals surface area (Å²) < 4.78 is 5.32. The SMILES string of the molecule is CCC1CCC2(CC1)NC(=O)N(CC(=O)N1CCCC(C(=O)N3CCOCC3)C1)C2=O. The van der Waals surface area contributed by atoms with Gasteiger partial charge in [-0.05, 0) is 44.4 Å². The van der Waals surface area contributed by atoms with Gasteiger partial charge in [0.15, 0.2) is 0 Å². The molecule has 4 rings (SSSR count). The largest absolute Gasteiger partial charge is 0.378 e. The predicted molar refractivity (Wildman–Crippen MR) is 112 cm³/mol. The Bertz CT molecular complexity index is 727. The normalized spacial score (nSPS) is 31.8. The van der Waals surface area contributed by atoms with E-state index in [4.69, 9.17) is 4.74 Å². The van der Waals surface area contributed by atoms with Crippen molar-refractivity contribution in [1.29, 1.82) is 0 Å². The highest BCUT2D eigenvalue weighted by Gasteiger charge is 2.52. The van der Waals surface area contributed by atoms with E-state index < -0.39 is 11.6 Å². The summed E-state index contributed by atoms with van der Waals surface area (Å²) in [7, 11) is 0. The first-order valence-electron chi connectivity index (χ1n) is 11.7. The number of imide groups is 1. The van der Waals surface area contributed by atoms with E-state index in [0.717, 1.165) is 37.0 Å². The molecule has 3 aliphatic heterocycles. The Balaban J connectivity index is 1.35. The maximum absolute atomic E-state index is 13.1. The molecule has 0 aromatic heterocycles. The molecule has 1 aliphatic carbocycles. The Morgan fingerprint density at radius 2 is 1.77 bits per heavy atom. The molecule has 5 amide bonds. The molecule has 3 heterocycles. The van der Waals surface area contributed by atoms with Crippen molar-refractivity contribution in [1.82, 2.24) is 20.0 Å². The van der Waals surface area contributed by atoms with Gasteiger partial charge in [-0.3, -0.25) is 19.3 Å². The zero-order chi connectivity index (χ0) is 22.0. The summed E-state index contributed by atoms with van der Waals surface area (Å²) in [6.45, 7) is 5.09. The molecule has 0 radical (unpaired) electrons. The number of hydrogen-bond donors (Lipinski definition) is 1. The highest BCUT2D eigenvalue weighted by molar-refractivity contribution is 6.09. The van der Waals surface area contributed by atoms with Crippen molar-refractivity contribution in [3.05, 3.63) is 0 Å². The predicted octanol–water partition coefficient (Wildman–Crippen LogP) is 0.975. The first-order valence-corrected chi connectivity index (χ1v) is 11.7. The van der Waals surface area contributed by atoms with Crippen LogP contribution >= 0.6 is 0 Å². The summed E-state index contributed by atoms with van der Waals surface area (Å²) in [5, 5.41) is 2.89. The molecule has 4 aliphatic rings. The Hall–Kier alpha value is -2.16. The lowest BCUT2D eigenvalue weighted by Gasteiger charge is -2.36. The lowest BCUT2D eigenvalue weighted by molar-refractivity contribution is -0.145. The molecule has 1 atom stereocenters. The summed E-state index contributed by atoms with van der Waals surface area (Å²) in [5.41, 5.74) is -0.834. The van der Waals surface area contributed by atoms with Gasteiger partial charge in [-0.1, -0.05) is 13.3 Å². The van der Waals surface area contributed by atoms with Gasteiger partial charge in [-0.25, -0.2) is 4.79 Å². The molecule has 0 bridgehead atoms. The van der Waals surface area contributed by atoms with E-state index in [9.17, 15) is 19.2 Å². The van der Waals surface area contributed by atoms with Gasteiger partial charge < -0.3 is 19.9 Å². The second-order valence-corrected chi connectivity index (χ2v) is 9.37. The maximum atomic E-state index is 13.1. The fourth-order valence-electron chi connectivity index (χ4n) is 5.42. The molecule has 1 saturated carbocycles. The van der Waals surface area contributed by atoms with Crippen LogP contribution in [0.5, 0.6) is 0 Å². The lowest BCUT2D eigenvalue weighted by Crippen LogP contribution is -2.52. The van der Waals surface area contributed by atoms with Crippen molar-refractivity contribution in [3.63, 3.8) is 0 Å². The number of morpholine rings is 1. The van der Waals surface area contributed by atoms with E-state index in [0.29, 0.717) is 58.2 Å². The number of piperidine rings is 1. The van der Waals surface area contributed by atoms with Crippen LogP contribution in [0.15, 0.2) is 0 Å².